The van der Waals surface area contributed by atoms with Crippen LogP contribution in [0.1, 0.15) is 5.56 Å². The summed E-state index contributed by atoms with van der Waals surface area (Å²) in [5.74, 6) is 1.19. The van der Waals surface area contributed by atoms with Gasteiger partial charge in [0.1, 0.15) is 11.8 Å². The van der Waals surface area contributed by atoms with Crippen LogP contribution in [-0.2, 0) is 4.79 Å². The third-order valence-electron chi connectivity index (χ3n) is 6.46. The smallest absolute Gasteiger partial charge is 0.194 e. The molecule has 0 saturated carbocycles. The van der Waals surface area contributed by atoms with Gasteiger partial charge in [-0.15, -0.1) is 0 Å². The lowest BCUT2D eigenvalue weighted by Crippen LogP contribution is -2.44. The SMILES string of the molecule is CN1CCN(CC=O)CC1.CNc1cccc(-c2nc(Nc3ccc(/C(C=N)=C/N)cc3)c3occc3n2)c1. The molecule has 2 aromatic carbocycles. The van der Waals surface area contributed by atoms with Crippen LogP contribution in [0, 0.1) is 5.41 Å². The number of hydrogen-bond acceptors (Lipinski definition) is 10. The highest BCUT2D eigenvalue weighted by atomic mass is 16.3. The van der Waals surface area contributed by atoms with Gasteiger partial charge in [0.2, 0.25) is 0 Å². The van der Waals surface area contributed by atoms with Crippen molar-refractivity contribution in [1.29, 1.82) is 5.41 Å². The van der Waals surface area contributed by atoms with Crippen LogP contribution < -0.4 is 16.4 Å². The predicted octanol–water partition coefficient (Wildman–Crippen LogP) is 4.06. The lowest BCUT2D eigenvalue weighted by Gasteiger charge is -2.30. The first kappa shape index (κ1) is 27.5. The van der Waals surface area contributed by atoms with Crippen molar-refractivity contribution in [2.45, 2.75) is 0 Å². The summed E-state index contributed by atoms with van der Waals surface area (Å²) < 4.78 is 5.60. The molecule has 5 rings (SSSR count). The van der Waals surface area contributed by atoms with E-state index in [2.05, 4.69) is 32.5 Å². The number of nitrogens with one attached hydrogen (secondary N) is 3. The summed E-state index contributed by atoms with van der Waals surface area (Å²) in [6, 6.07) is 17.3. The monoisotopic (exact) mass is 526 g/mol. The number of anilines is 3. The van der Waals surface area contributed by atoms with E-state index in [0.717, 1.165) is 60.5 Å². The second kappa shape index (κ2) is 13.3. The minimum absolute atomic E-state index is 0.583. The molecule has 1 fully saturated rings. The molecule has 0 aliphatic carbocycles. The standard InChI is InChI=1S/C22H20N6O.C7H14N2O/c1-25-18-4-2-3-15(11-18)21-27-19-9-10-29-20(19)22(28-21)26-17-7-5-14(6-8-17)16(12-23)13-24;1-8-2-4-9(5-3-8)6-7-10/h2-13,23,25H,24H2,1H3,(H,26,27,28);7H,2-6H2,1H3/b16-13+,23-12?;. The van der Waals surface area contributed by atoms with Gasteiger partial charge in [-0.3, -0.25) is 4.90 Å². The first-order valence-electron chi connectivity index (χ1n) is 12.7. The number of carbonyl (C=O) groups excluding carboxylic acids is 1. The number of allylic oxidation sites excluding steroid dienone is 1. The maximum Gasteiger partial charge on any atom is 0.194 e. The molecule has 0 spiro atoms. The van der Waals surface area contributed by atoms with E-state index in [-0.39, 0.29) is 0 Å². The topological polar surface area (TPSA) is 136 Å². The first-order valence-corrected chi connectivity index (χ1v) is 12.7. The van der Waals surface area contributed by atoms with Crippen LogP contribution in [0.15, 0.2) is 71.5 Å². The zero-order valence-corrected chi connectivity index (χ0v) is 22.2. The average Bonchev–Trinajstić information content (AvgIpc) is 3.46. The quantitative estimate of drug-likeness (QED) is 0.198. The molecule has 1 aliphatic rings. The van der Waals surface area contributed by atoms with Gasteiger partial charge < -0.3 is 35.9 Å². The minimum atomic E-state index is 0.583. The van der Waals surface area contributed by atoms with Crippen molar-refractivity contribution in [3.63, 3.8) is 0 Å². The molecular weight excluding hydrogens is 492 g/mol. The molecule has 39 heavy (non-hydrogen) atoms. The molecule has 5 N–H and O–H groups in total. The molecule has 0 atom stereocenters. The molecule has 1 saturated heterocycles. The van der Waals surface area contributed by atoms with Crippen LogP contribution in [0.2, 0.25) is 0 Å². The molecule has 4 aromatic rings. The van der Waals surface area contributed by atoms with Crippen molar-refractivity contribution in [1.82, 2.24) is 19.8 Å². The summed E-state index contributed by atoms with van der Waals surface area (Å²) in [6.07, 6.45) is 5.22. The number of piperazine rings is 1. The van der Waals surface area contributed by atoms with E-state index in [9.17, 15) is 4.79 Å². The lowest BCUT2D eigenvalue weighted by atomic mass is 10.1. The largest absolute Gasteiger partial charge is 0.459 e. The number of rotatable bonds is 8. The number of nitrogens with two attached hydrogens (primary N) is 1. The molecule has 2 aromatic heterocycles. The zero-order valence-electron chi connectivity index (χ0n) is 22.2. The van der Waals surface area contributed by atoms with Crippen molar-refractivity contribution in [2.24, 2.45) is 5.73 Å². The van der Waals surface area contributed by atoms with E-state index >= 15 is 0 Å². The van der Waals surface area contributed by atoms with Gasteiger partial charge in [0.05, 0.1) is 12.8 Å². The molecule has 202 valence electrons. The number of fused-ring (bicyclic) bond motifs is 1. The van der Waals surface area contributed by atoms with E-state index in [0.29, 0.717) is 29.3 Å². The summed E-state index contributed by atoms with van der Waals surface area (Å²) in [7, 11) is 3.98. The maximum absolute atomic E-state index is 10.1. The second-order valence-corrected chi connectivity index (χ2v) is 9.10. The number of likely N-dealkylation sites (N-methyl/N-ethyl adjacent to an activating group) is 1. The molecule has 0 unspecified atom stereocenters. The Hall–Kier alpha value is -4.54. The molecule has 3 heterocycles. The van der Waals surface area contributed by atoms with Crippen molar-refractivity contribution in [3.05, 3.63) is 72.6 Å². The van der Waals surface area contributed by atoms with Gasteiger partial charge in [-0.1, -0.05) is 24.3 Å². The van der Waals surface area contributed by atoms with Gasteiger partial charge in [0, 0.05) is 74.2 Å². The van der Waals surface area contributed by atoms with Crippen LogP contribution >= 0.6 is 0 Å². The van der Waals surface area contributed by atoms with Crippen LogP contribution in [0.25, 0.3) is 28.1 Å². The Bertz CT molecular complexity index is 1420. The van der Waals surface area contributed by atoms with Crippen LogP contribution in [0.5, 0.6) is 0 Å². The minimum Gasteiger partial charge on any atom is -0.459 e. The van der Waals surface area contributed by atoms with Crippen molar-refractivity contribution in [2.75, 3.05) is 57.5 Å². The van der Waals surface area contributed by atoms with Gasteiger partial charge in [-0.25, -0.2) is 9.97 Å². The second-order valence-electron chi connectivity index (χ2n) is 9.10. The Balaban J connectivity index is 0.000000298. The molecular formula is C29H34N8O2. The Morgan fingerprint density at radius 3 is 2.51 bits per heavy atom. The number of furan rings is 1. The van der Waals surface area contributed by atoms with E-state index in [1.807, 2.05) is 61.6 Å². The van der Waals surface area contributed by atoms with Crippen LogP contribution in [0.4, 0.5) is 17.2 Å². The number of benzene rings is 2. The summed E-state index contributed by atoms with van der Waals surface area (Å²) >= 11 is 0. The van der Waals surface area contributed by atoms with Gasteiger partial charge in [0.25, 0.3) is 0 Å². The normalized spacial score (nSPS) is 14.4. The van der Waals surface area contributed by atoms with Crippen LogP contribution in [-0.4, -0.2) is 79.1 Å². The van der Waals surface area contributed by atoms with Gasteiger partial charge in [-0.2, -0.15) is 0 Å². The molecule has 0 amide bonds. The zero-order chi connectivity index (χ0) is 27.6. The Morgan fingerprint density at radius 1 is 1.08 bits per heavy atom. The summed E-state index contributed by atoms with van der Waals surface area (Å²) in [5, 5.41) is 13.8. The highest BCUT2D eigenvalue weighted by Crippen LogP contribution is 2.29. The number of aromatic nitrogens is 2. The van der Waals surface area contributed by atoms with Crippen molar-refractivity contribution >= 4 is 46.4 Å². The third kappa shape index (κ3) is 7.07. The molecule has 1 aliphatic heterocycles. The fourth-order valence-corrected chi connectivity index (χ4v) is 4.14. The van der Waals surface area contributed by atoms with Gasteiger partial charge >= 0.3 is 0 Å². The van der Waals surface area contributed by atoms with E-state index in [1.54, 1.807) is 6.26 Å². The maximum atomic E-state index is 10.1. The molecule has 0 bridgehead atoms. The fraction of sp³-hybridized carbons (Fsp3) is 0.241. The number of aldehydes is 1. The highest BCUT2D eigenvalue weighted by molar-refractivity contribution is 6.08. The predicted molar refractivity (Wildman–Crippen MR) is 157 cm³/mol. The highest BCUT2D eigenvalue weighted by Gasteiger charge is 2.14. The number of carbonyl (C=O) groups is 1. The molecule has 10 heteroatoms. The third-order valence-corrected chi connectivity index (χ3v) is 6.46. The van der Waals surface area contributed by atoms with E-state index in [4.69, 9.17) is 20.5 Å². The number of hydrogen-bond donors (Lipinski definition) is 4. The van der Waals surface area contributed by atoms with Gasteiger partial charge in [-0.05, 0) is 36.9 Å². The Morgan fingerprint density at radius 2 is 1.85 bits per heavy atom. The van der Waals surface area contributed by atoms with E-state index < -0.39 is 0 Å². The van der Waals surface area contributed by atoms with Crippen molar-refractivity contribution in [3.8, 4) is 11.4 Å². The summed E-state index contributed by atoms with van der Waals surface area (Å²) in [6.45, 7) is 4.86. The summed E-state index contributed by atoms with van der Waals surface area (Å²) in [4.78, 5) is 23.9. The van der Waals surface area contributed by atoms with Crippen molar-refractivity contribution < 1.29 is 9.21 Å². The fourth-order valence-electron chi connectivity index (χ4n) is 4.14. The molecule has 0 radical (unpaired) electrons. The van der Waals surface area contributed by atoms with Crippen LogP contribution in [0.3, 0.4) is 0 Å². The first-order chi connectivity index (χ1) is 19.0. The summed E-state index contributed by atoms with van der Waals surface area (Å²) in [5.41, 5.74) is 11.1. The average molecular weight is 527 g/mol. The Labute approximate surface area is 228 Å². The van der Waals surface area contributed by atoms with Gasteiger partial charge in [0.15, 0.2) is 17.2 Å². The number of nitrogens with zero attached hydrogens (tertiary/aromatic N) is 4. The molecule has 10 nitrogen and oxygen atoms in total. The lowest BCUT2D eigenvalue weighted by molar-refractivity contribution is -0.109. The Kier molecular flexibility index (Phi) is 9.39. The van der Waals surface area contributed by atoms with E-state index in [1.165, 1.54) is 12.4 Å².